The zero-order valence-corrected chi connectivity index (χ0v) is 16.6. The van der Waals surface area contributed by atoms with Gasteiger partial charge in [0.25, 0.3) is 11.6 Å². The van der Waals surface area contributed by atoms with Gasteiger partial charge in [0.15, 0.2) is 0 Å². The van der Waals surface area contributed by atoms with Crippen molar-refractivity contribution in [1.82, 2.24) is 20.4 Å². The lowest BCUT2D eigenvalue weighted by molar-refractivity contribution is -0.133. The Balaban J connectivity index is 1.64. The van der Waals surface area contributed by atoms with Crippen molar-refractivity contribution >= 4 is 22.9 Å². The minimum absolute atomic E-state index is 0.0475. The molecule has 3 aromatic rings. The number of amides is 2. The summed E-state index contributed by atoms with van der Waals surface area (Å²) in [4.78, 5) is 32.2. The van der Waals surface area contributed by atoms with Gasteiger partial charge in [-0.05, 0) is 39.2 Å². The van der Waals surface area contributed by atoms with Crippen LogP contribution < -0.4 is 5.32 Å². The summed E-state index contributed by atoms with van der Waals surface area (Å²) in [6.07, 6.45) is 3.17. The maximum absolute atomic E-state index is 13.1. The van der Waals surface area contributed by atoms with Crippen LogP contribution in [0, 0.1) is 6.92 Å². The van der Waals surface area contributed by atoms with E-state index >= 15 is 0 Å². The van der Waals surface area contributed by atoms with E-state index in [0.717, 1.165) is 37.9 Å². The van der Waals surface area contributed by atoms with Crippen molar-refractivity contribution in [2.24, 2.45) is 0 Å². The Hall–Kier alpha value is -3.22. The maximum atomic E-state index is 13.1. The van der Waals surface area contributed by atoms with E-state index in [1.54, 1.807) is 19.9 Å². The van der Waals surface area contributed by atoms with Gasteiger partial charge in [0.1, 0.15) is 6.04 Å². The van der Waals surface area contributed by atoms with Gasteiger partial charge in [-0.3, -0.25) is 9.59 Å². The van der Waals surface area contributed by atoms with Crippen LogP contribution in [-0.4, -0.2) is 46.0 Å². The molecule has 1 aliphatic heterocycles. The third-order valence-corrected chi connectivity index (χ3v) is 5.32. The first kappa shape index (κ1) is 19.1. The zero-order chi connectivity index (χ0) is 20.4. The number of rotatable bonds is 4. The molecule has 3 heterocycles. The smallest absolute Gasteiger partial charge is 0.259 e. The van der Waals surface area contributed by atoms with Crippen molar-refractivity contribution in [2.45, 2.75) is 39.2 Å². The van der Waals surface area contributed by atoms with Crippen molar-refractivity contribution in [3.63, 3.8) is 0 Å². The molecule has 2 aromatic heterocycles. The summed E-state index contributed by atoms with van der Waals surface area (Å²) in [6, 6.07) is 10.7. The summed E-state index contributed by atoms with van der Waals surface area (Å²) >= 11 is 0. The summed E-state index contributed by atoms with van der Waals surface area (Å²) in [7, 11) is 0. The monoisotopic (exact) mass is 392 g/mol. The first-order chi connectivity index (χ1) is 14.0. The van der Waals surface area contributed by atoms with Crippen LogP contribution in [0.15, 0.2) is 40.9 Å². The molecule has 1 aliphatic rings. The molecule has 0 bridgehead atoms. The Labute approximate surface area is 169 Å². The largest absolute Gasteiger partial charge is 0.341 e. The summed E-state index contributed by atoms with van der Waals surface area (Å²) in [5.74, 6) is -0.382. The second-order valence-electron chi connectivity index (χ2n) is 7.45. The highest BCUT2D eigenvalue weighted by molar-refractivity contribution is 6.08. The lowest BCUT2D eigenvalue weighted by Gasteiger charge is -2.29. The van der Waals surface area contributed by atoms with E-state index in [2.05, 4.69) is 15.5 Å². The minimum Gasteiger partial charge on any atom is -0.341 e. The number of nitrogens with zero attached hydrogens (tertiary/aromatic N) is 3. The van der Waals surface area contributed by atoms with Gasteiger partial charge in [-0.1, -0.05) is 35.5 Å². The maximum Gasteiger partial charge on any atom is 0.259 e. The number of carbonyl (C=O) groups excluding carboxylic acids is 2. The van der Waals surface area contributed by atoms with Crippen LogP contribution in [0.25, 0.3) is 22.4 Å². The van der Waals surface area contributed by atoms with Crippen LogP contribution in [0.4, 0.5) is 0 Å². The van der Waals surface area contributed by atoms with Gasteiger partial charge in [-0.15, -0.1) is 0 Å². The Morgan fingerprint density at radius 1 is 1.14 bits per heavy atom. The van der Waals surface area contributed by atoms with E-state index in [9.17, 15) is 9.59 Å². The average molecular weight is 392 g/mol. The molecule has 1 atom stereocenters. The average Bonchev–Trinajstić information content (AvgIpc) is 3.14. The highest BCUT2D eigenvalue weighted by Crippen LogP contribution is 2.27. The zero-order valence-electron chi connectivity index (χ0n) is 16.6. The number of fused-ring (bicyclic) bond motifs is 1. The molecule has 1 aromatic carbocycles. The first-order valence-corrected chi connectivity index (χ1v) is 9.96. The van der Waals surface area contributed by atoms with E-state index in [-0.39, 0.29) is 11.8 Å². The fraction of sp³-hybridized carbons (Fsp3) is 0.364. The Morgan fingerprint density at radius 2 is 1.86 bits per heavy atom. The van der Waals surface area contributed by atoms with Gasteiger partial charge < -0.3 is 14.7 Å². The summed E-state index contributed by atoms with van der Waals surface area (Å²) in [5, 5.41) is 7.39. The number of aryl methyl sites for hydroxylation is 1. The standard InChI is InChI=1S/C22H24N4O3/c1-14-19-17(20(27)23-15(2)22(28)26-11-7-4-8-12-26)13-18(24-21(19)29-25-14)16-9-5-3-6-10-16/h3,5-6,9-10,13,15H,4,7-8,11-12H2,1-2H3,(H,23,27). The topological polar surface area (TPSA) is 88.3 Å². The number of carbonyl (C=O) groups is 2. The van der Waals surface area contributed by atoms with Gasteiger partial charge in [0, 0.05) is 18.7 Å². The summed E-state index contributed by atoms with van der Waals surface area (Å²) < 4.78 is 5.33. The fourth-order valence-electron chi connectivity index (χ4n) is 3.75. The van der Waals surface area contributed by atoms with E-state index in [4.69, 9.17) is 4.52 Å². The van der Waals surface area contributed by atoms with Crippen molar-refractivity contribution in [3.8, 4) is 11.3 Å². The highest BCUT2D eigenvalue weighted by atomic mass is 16.5. The van der Waals surface area contributed by atoms with Crippen LogP contribution in [0.2, 0.25) is 0 Å². The lowest BCUT2D eigenvalue weighted by Crippen LogP contribution is -2.48. The number of likely N-dealkylation sites (tertiary alicyclic amines) is 1. The van der Waals surface area contributed by atoms with E-state index in [1.165, 1.54) is 0 Å². The molecule has 0 saturated carbocycles. The van der Waals surface area contributed by atoms with Crippen molar-refractivity contribution in [2.75, 3.05) is 13.1 Å². The second-order valence-corrected chi connectivity index (χ2v) is 7.45. The number of benzene rings is 1. The molecule has 2 amide bonds. The predicted molar refractivity (Wildman–Crippen MR) is 109 cm³/mol. The van der Waals surface area contributed by atoms with Gasteiger partial charge in [-0.25, -0.2) is 4.98 Å². The van der Waals surface area contributed by atoms with Crippen LogP contribution in [0.5, 0.6) is 0 Å². The van der Waals surface area contributed by atoms with Crippen LogP contribution in [0.3, 0.4) is 0 Å². The summed E-state index contributed by atoms with van der Waals surface area (Å²) in [5.41, 5.74) is 2.80. The van der Waals surface area contributed by atoms with Crippen LogP contribution in [-0.2, 0) is 4.79 Å². The molecule has 1 fully saturated rings. The molecule has 1 unspecified atom stereocenters. The van der Waals surface area contributed by atoms with Crippen LogP contribution >= 0.6 is 0 Å². The summed E-state index contributed by atoms with van der Waals surface area (Å²) in [6.45, 7) is 5.00. The number of pyridine rings is 1. The quantitative estimate of drug-likeness (QED) is 0.736. The molecule has 0 aliphatic carbocycles. The molecule has 150 valence electrons. The van der Waals surface area contributed by atoms with Gasteiger partial charge in [0.2, 0.25) is 5.91 Å². The van der Waals surface area contributed by atoms with E-state index < -0.39 is 6.04 Å². The molecule has 7 nitrogen and oxygen atoms in total. The number of aromatic nitrogens is 2. The van der Waals surface area contributed by atoms with Gasteiger partial charge in [0.05, 0.1) is 22.3 Å². The van der Waals surface area contributed by atoms with Gasteiger partial charge in [-0.2, -0.15) is 0 Å². The van der Waals surface area contributed by atoms with Crippen molar-refractivity contribution in [3.05, 3.63) is 47.7 Å². The predicted octanol–water partition coefficient (Wildman–Crippen LogP) is 3.33. The number of nitrogens with one attached hydrogen (secondary N) is 1. The van der Waals surface area contributed by atoms with E-state index in [0.29, 0.717) is 28.1 Å². The number of hydrogen-bond acceptors (Lipinski definition) is 5. The highest BCUT2D eigenvalue weighted by Gasteiger charge is 2.26. The minimum atomic E-state index is -0.607. The normalized spacial score (nSPS) is 15.3. The second kappa shape index (κ2) is 8.03. The number of hydrogen-bond donors (Lipinski definition) is 1. The lowest BCUT2D eigenvalue weighted by atomic mass is 10.0. The molecular formula is C22H24N4O3. The first-order valence-electron chi connectivity index (χ1n) is 9.96. The third kappa shape index (κ3) is 3.85. The van der Waals surface area contributed by atoms with Gasteiger partial charge >= 0.3 is 0 Å². The Kier molecular flexibility index (Phi) is 5.29. The Bertz CT molecular complexity index is 1040. The SMILES string of the molecule is Cc1noc2nc(-c3ccccc3)cc(C(=O)NC(C)C(=O)N3CCCCC3)c12. The van der Waals surface area contributed by atoms with Crippen molar-refractivity contribution < 1.29 is 14.1 Å². The molecule has 7 heteroatoms. The molecule has 4 rings (SSSR count). The van der Waals surface area contributed by atoms with Crippen molar-refractivity contribution in [1.29, 1.82) is 0 Å². The molecule has 1 N–H and O–H groups in total. The third-order valence-electron chi connectivity index (χ3n) is 5.32. The van der Waals surface area contributed by atoms with E-state index in [1.807, 2.05) is 35.2 Å². The molecule has 0 spiro atoms. The molecule has 29 heavy (non-hydrogen) atoms. The van der Waals surface area contributed by atoms with Crippen LogP contribution in [0.1, 0.15) is 42.2 Å². The molecular weight excluding hydrogens is 368 g/mol. The molecule has 0 radical (unpaired) electrons. The molecule has 1 saturated heterocycles. The fourth-order valence-corrected chi connectivity index (χ4v) is 3.75. The number of piperidine rings is 1. The Morgan fingerprint density at radius 3 is 2.59 bits per heavy atom.